The summed E-state index contributed by atoms with van der Waals surface area (Å²) in [7, 11) is 4.76. The molecule has 0 amide bonds. The third-order valence-corrected chi connectivity index (χ3v) is 6.87. The highest BCUT2D eigenvalue weighted by atomic mass is 32.2. The summed E-state index contributed by atoms with van der Waals surface area (Å²) in [5, 5.41) is 1.08. The van der Waals surface area contributed by atoms with Gasteiger partial charge in [-0.2, -0.15) is 0 Å². The lowest BCUT2D eigenvalue weighted by Crippen LogP contribution is -2.21. The van der Waals surface area contributed by atoms with Gasteiger partial charge in [0.05, 0.1) is 49.2 Å². The van der Waals surface area contributed by atoms with Crippen molar-refractivity contribution in [1.82, 2.24) is 14.5 Å². The Labute approximate surface area is 217 Å². The molecule has 2 aromatic heterocycles. The van der Waals surface area contributed by atoms with E-state index in [9.17, 15) is 4.79 Å². The lowest BCUT2D eigenvalue weighted by Gasteiger charge is -2.13. The highest BCUT2D eigenvalue weighted by Crippen LogP contribution is 2.38. The lowest BCUT2D eigenvalue weighted by molar-refractivity contribution is 0.355. The van der Waals surface area contributed by atoms with Crippen molar-refractivity contribution in [3.8, 4) is 34.4 Å². The molecule has 0 atom stereocenters. The normalized spacial score (nSPS) is 11.0. The molecule has 0 aliphatic rings. The summed E-state index contributed by atoms with van der Waals surface area (Å²) in [4.78, 5) is 23.1. The number of methoxy groups -OCH3 is 3. The second-order valence-corrected chi connectivity index (χ2v) is 9.05. The minimum atomic E-state index is -0.153. The first-order valence-corrected chi connectivity index (χ1v) is 12.5. The molecule has 0 aliphatic carbocycles. The SMILES string of the molecule is COc1cccc(-n2c(SCc3nc(-c4cccc(OC)c4OC)oc3C)nc3ccccc3c2=O)c1. The Hall–Kier alpha value is -4.24. The van der Waals surface area contributed by atoms with E-state index in [1.54, 1.807) is 32.0 Å². The number of nitrogens with zero attached hydrogens (tertiary/aromatic N) is 3. The van der Waals surface area contributed by atoms with Crippen molar-refractivity contribution in [3.63, 3.8) is 0 Å². The van der Waals surface area contributed by atoms with Gasteiger partial charge in [0, 0.05) is 11.8 Å². The molecule has 37 heavy (non-hydrogen) atoms. The monoisotopic (exact) mass is 515 g/mol. The molecule has 5 aromatic rings. The topological polar surface area (TPSA) is 88.6 Å². The van der Waals surface area contributed by atoms with Crippen molar-refractivity contribution < 1.29 is 18.6 Å². The smallest absolute Gasteiger partial charge is 0.266 e. The van der Waals surface area contributed by atoms with E-state index in [2.05, 4.69) is 0 Å². The Kier molecular flexibility index (Phi) is 6.87. The number of fused-ring (bicyclic) bond motifs is 1. The fraction of sp³-hybridized carbons (Fsp3) is 0.179. The molecular weight excluding hydrogens is 490 g/mol. The molecule has 0 unspecified atom stereocenters. The molecule has 2 heterocycles. The fourth-order valence-electron chi connectivity index (χ4n) is 4.05. The van der Waals surface area contributed by atoms with E-state index in [1.807, 2.05) is 67.6 Å². The number of rotatable bonds is 8. The molecule has 0 N–H and O–H groups in total. The van der Waals surface area contributed by atoms with Gasteiger partial charge in [-0.15, -0.1) is 0 Å². The first kappa shape index (κ1) is 24.5. The molecule has 8 nitrogen and oxygen atoms in total. The summed E-state index contributed by atoms with van der Waals surface area (Å²) < 4.78 is 24.0. The van der Waals surface area contributed by atoms with Crippen LogP contribution in [-0.4, -0.2) is 35.9 Å². The molecule has 5 rings (SSSR count). The molecule has 0 aliphatic heterocycles. The predicted molar refractivity (Wildman–Crippen MR) is 143 cm³/mol. The van der Waals surface area contributed by atoms with E-state index < -0.39 is 0 Å². The van der Waals surface area contributed by atoms with Gasteiger partial charge in [0.2, 0.25) is 5.89 Å². The Morgan fingerprint density at radius 1 is 0.919 bits per heavy atom. The first-order valence-electron chi connectivity index (χ1n) is 11.5. The van der Waals surface area contributed by atoms with Gasteiger partial charge in [-0.1, -0.05) is 36.0 Å². The molecule has 0 bridgehead atoms. The summed E-state index contributed by atoms with van der Waals surface area (Å²) in [6.07, 6.45) is 0. The third kappa shape index (κ3) is 4.65. The van der Waals surface area contributed by atoms with Gasteiger partial charge in [-0.3, -0.25) is 9.36 Å². The average Bonchev–Trinajstić information content (AvgIpc) is 3.31. The van der Waals surface area contributed by atoms with E-state index in [0.717, 1.165) is 5.69 Å². The number of thioether (sulfide) groups is 1. The Balaban J connectivity index is 1.54. The van der Waals surface area contributed by atoms with Gasteiger partial charge in [-0.05, 0) is 43.3 Å². The molecular formula is C28H25N3O5S. The summed E-state index contributed by atoms with van der Waals surface area (Å²) in [6.45, 7) is 1.86. The summed E-state index contributed by atoms with van der Waals surface area (Å²) in [5.74, 6) is 3.33. The van der Waals surface area contributed by atoms with E-state index in [-0.39, 0.29) is 5.56 Å². The predicted octanol–water partition coefficient (Wildman–Crippen LogP) is 5.67. The summed E-state index contributed by atoms with van der Waals surface area (Å²) in [6, 6.07) is 20.2. The molecule has 0 saturated heterocycles. The maximum atomic E-state index is 13.6. The van der Waals surface area contributed by atoms with Crippen LogP contribution in [0.2, 0.25) is 0 Å². The largest absolute Gasteiger partial charge is 0.497 e. The van der Waals surface area contributed by atoms with Crippen molar-refractivity contribution in [2.24, 2.45) is 0 Å². The van der Waals surface area contributed by atoms with E-state index in [1.165, 1.54) is 11.8 Å². The van der Waals surface area contributed by atoms with E-state index in [0.29, 0.717) is 62.0 Å². The first-order chi connectivity index (χ1) is 18.0. The van der Waals surface area contributed by atoms with Crippen LogP contribution in [0.25, 0.3) is 28.0 Å². The van der Waals surface area contributed by atoms with Gasteiger partial charge < -0.3 is 18.6 Å². The minimum absolute atomic E-state index is 0.153. The summed E-state index contributed by atoms with van der Waals surface area (Å²) in [5.41, 5.74) is 2.58. The van der Waals surface area contributed by atoms with Crippen molar-refractivity contribution in [1.29, 1.82) is 0 Å². The third-order valence-electron chi connectivity index (χ3n) is 5.92. The fourth-order valence-corrected chi connectivity index (χ4v) is 5.07. The molecule has 9 heteroatoms. The van der Waals surface area contributed by atoms with Crippen LogP contribution in [0, 0.1) is 6.92 Å². The van der Waals surface area contributed by atoms with Crippen LogP contribution in [-0.2, 0) is 5.75 Å². The van der Waals surface area contributed by atoms with Crippen LogP contribution in [0.5, 0.6) is 17.2 Å². The standard InChI is InChI=1S/C28H25N3O5S/c1-17-23(29-26(36-17)21-12-8-14-24(34-3)25(21)35-4)16-37-28-30-22-13-6-5-11-20(22)27(32)31(28)18-9-7-10-19(15-18)33-2/h5-15H,16H2,1-4H3. The van der Waals surface area contributed by atoms with Gasteiger partial charge in [-0.25, -0.2) is 9.97 Å². The average molecular weight is 516 g/mol. The van der Waals surface area contributed by atoms with Crippen LogP contribution in [0.15, 0.2) is 81.1 Å². The highest BCUT2D eigenvalue weighted by molar-refractivity contribution is 7.98. The highest BCUT2D eigenvalue weighted by Gasteiger charge is 2.20. The second kappa shape index (κ2) is 10.4. The number of hydrogen-bond acceptors (Lipinski definition) is 8. The number of hydrogen-bond donors (Lipinski definition) is 0. The number of oxazole rings is 1. The number of aromatic nitrogens is 3. The number of ether oxygens (including phenoxy) is 3. The Morgan fingerprint density at radius 2 is 1.73 bits per heavy atom. The quantitative estimate of drug-likeness (QED) is 0.193. The van der Waals surface area contributed by atoms with Crippen LogP contribution in [0.3, 0.4) is 0 Å². The zero-order valence-electron chi connectivity index (χ0n) is 20.8. The zero-order valence-corrected chi connectivity index (χ0v) is 21.7. The second-order valence-electron chi connectivity index (χ2n) is 8.11. The van der Waals surface area contributed by atoms with Crippen molar-refractivity contribution in [3.05, 3.63) is 88.5 Å². The molecule has 0 radical (unpaired) electrons. The van der Waals surface area contributed by atoms with Crippen LogP contribution in [0.1, 0.15) is 11.5 Å². The van der Waals surface area contributed by atoms with Gasteiger partial charge >= 0.3 is 0 Å². The van der Waals surface area contributed by atoms with Crippen LogP contribution >= 0.6 is 11.8 Å². The maximum Gasteiger partial charge on any atom is 0.266 e. The van der Waals surface area contributed by atoms with E-state index in [4.69, 9.17) is 28.6 Å². The number of para-hydroxylation sites is 2. The maximum absolute atomic E-state index is 13.6. The van der Waals surface area contributed by atoms with Gasteiger partial charge in [0.15, 0.2) is 16.7 Å². The molecule has 0 spiro atoms. The van der Waals surface area contributed by atoms with Crippen LogP contribution in [0.4, 0.5) is 0 Å². The van der Waals surface area contributed by atoms with Crippen molar-refractivity contribution >= 4 is 22.7 Å². The van der Waals surface area contributed by atoms with Gasteiger partial charge in [0.1, 0.15) is 11.5 Å². The Morgan fingerprint density at radius 3 is 2.51 bits per heavy atom. The lowest BCUT2D eigenvalue weighted by atomic mass is 10.2. The van der Waals surface area contributed by atoms with Gasteiger partial charge in [0.25, 0.3) is 5.56 Å². The Bertz CT molecular complexity index is 1640. The van der Waals surface area contributed by atoms with Crippen molar-refractivity contribution in [2.75, 3.05) is 21.3 Å². The summed E-state index contributed by atoms with van der Waals surface area (Å²) >= 11 is 1.41. The number of aryl methyl sites for hydroxylation is 1. The zero-order chi connectivity index (χ0) is 25.9. The van der Waals surface area contributed by atoms with Crippen molar-refractivity contribution in [2.45, 2.75) is 17.8 Å². The number of benzene rings is 3. The molecule has 0 fully saturated rings. The molecule has 3 aromatic carbocycles. The van der Waals surface area contributed by atoms with Crippen LogP contribution < -0.4 is 19.8 Å². The minimum Gasteiger partial charge on any atom is -0.497 e. The van der Waals surface area contributed by atoms with E-state index >= 15 is 0 Å². The molecule has 0 saturated carbocycles. The molecule has 188 valence electrons.